The highest BCUT2D eigenvalue weighted by Gasteiger charge is 2.49. The van der Waals surface area contributed by atoms with Crippen molar-refractivity contribution < 1.29 is 13.2 Å². The lowest BCUT2D eigenvalue weighted by molar-refractivity contribution is -0.134. The number of nitrogens with one attached hydrogen (secondary N) is 3. The van der Waals surface area contributed by atoms with Gasteiger partial charge < -0.3 is 10.6 Å². The summed E-state index contributed by atoms with van der Waals surface area (Å²) in [6, 6.07) is 7.12. The predicted octanol–water partition coefficient (Wildman–Crippen LogP) is 1.88. The number of sulfonamides is 1. The molecule has 1 aliphatic heterocycles. The lowest BCUT2D eigenvalue weighted by Crippen LogP contribution is -2.47. The molecule has 6 nitrogen and oxygen atoms in total. The average molecular weight is 388 g/mol. The van der Waals surface area contributed by atoms with Crippen LogP contribution in [-0.4, -0.2) is 33.7 Å². The van der Waals surface area contributed by atoms with Crippen LogP contribution in [0.25, 0.3) is 0 Å². The Balaban J connectivity index is 0.00000225. The van der Waals surface area contributed by atoms with Crippen LogP contribution in [0.15, 0.2) is 24.3 Å². The predicted molar refractivity (Wildman–Crippen MR) is 101 cm³/mol. The van der Waals surface area contributed by atoms with E-state index in [0.29, 0.717) is 18.2 Å². The molecule has 1 saturated carbocycles. The molecule has 2 fully saturated rings. The zero-order chi connectivity index (χ0) is 17.2. The van der Waals surface area contributed by atoms with Crippen molar-refractivity contribution in [1.82, 2.24) is 10.6 Å². The Bertz CT molecular complexity index is 726. The average Bonchev–Trinajstić information content (AvgIpc) is 2.96. The van der Waals surface area contributed by atoms with Crippen molar-refractivity contribution in [1.29, 1.82) is 0 Å². The van der Waals surface area contributed by atoms with Gasteiger partial charge in [0.2, 0.25) is 15.9 Å². The Morgan fingerprint density at radius 1 is 1.36 bits per heavy atom. The number of anilines is 1. The topological polar surface area (TPSA) is 87.3 Å². The minimum absolute atomic E-state index is 0. The van der Waals surface area contributed by atoms with Gasteiger partial charge in [0.25, 0.3) is 0 Å². The summed E-state index contributed by atoms with van der Waals surface area (Å²) in [6.45, 7) is 2.10. The fourth-order valence-corrected chi connectivity index (χ4v) is 4.56. The van der Waals surface area contributed by atoms with E-state index in [1.54, 1.807) is 18.2 Å². The third-order valence-corrected chi connectivity index (χ3v) is 5.78. The van der Waals surface area contributed by atoms with Gasteiger partial charge in [-0.1, -0.05) is 25.0 Å². The number of benzene rings is 1. The van der Waals surface area contributed by atoms with Crippen molar-refractivity contribution in [3.05, 3.63) is 29.8 Å². The van der Waals surface area contributed by atoms with Gasteiger partial charge >= 0.3 is 0 Å². The quantitative estimate of drug-likeness (QED) is 0.719. The molecule has 1 aliphatic carbocycles. The molecule has 1 saturated heterocycles. The Labute approximate surface area is 155 Å². The van der Waals surface area contributed by atoms with E-state index in [0.717, 1.165) is 44.2 Å². The summed E-state index contributed by atoms with van der Waals surface area (Å²) in [4.78, 5) is 12.8. The van der Waals surface area contributed by atoms with Crippen molar-refractivity contribution in [3.8, 4) is 0 Å². The molecule has 25 heavy (non-hydrogen) atoms. The summed E-state index contributed by atoms with van der Waals surface area (Å²) in [5.74, 6) is 0.558. The van der Waals surface area contributed by atoms with E-state index >= 15 is 0 Å². The van der Waals surface area contributed by atoms with Crippen LogP contribution in [0.2, 0.25) is 0 Å². The molecule has 8 heteroatoms. The Kier molecular flexibility index (Phi) is 6.35. The van der Waals surface area contributed by atoms with Crippen molar-refractivity contribution in [3.63, 3.8) is 0 Å². The first-order valence-corrected chi connectivity index (χ1v) is 10.3. The highest BCUT2D eigenvalue weighted by atomic mass is 35.5. The Morgan fingerprint density at radius 2 is 2.16 bits per heavy atom. The first-order valence-electron chi connectivity index (χ1n) is 8.45. The summed E-state index contributed by atoms with van der Waals surface area (Å²) in [5, 5.41) is 6.45. The standard InChI is InChI=1S/C17H25N3O3S.ClH/c1-24(22,23)20-15-7-4-5-13(9-15)10-19-16(21)17-8-3-2-6-14(17)11-18-12-17;/h4-5,7,9,14,18,20H,2-3,6,8,10-12H2,1H3,(H,19,21);1H/t14-,17+;/m0./s1. The van der Waals surface area contributed by atoms with Gasteiger partial charge in [0, 0.05) is 18.8 Å². The van der Waals surface area contributed by atoms with E-state index in [9.17, 15) is 13.2 Å². The van der Waals surface area contributed by atoms with Crippen molar-refractivity contribution >= 4 is 34.0 Å². The first-order chi connectivity index (χ1) is 11.4. The summed E-state index contributed by atoms with van der Waals surface area (Å²) >= 11 is 0. The molecule has 3 N–H and O–H groups in total. The van der Waals surface area contributed by atoms with Crippen LogP contribution >= 0.6 is 12.4 Å². The maximum Gasteiger partial charge on any atom is 0.229 e. The smallest absolute Gasteiger partial charge is 0.229 e. The normalized spacial score (nSPS) is 25.6. The largest absolute Gasteiger partial charge is 0.351 e. The van der Waals surface area contributed by atoms with Crippen molar-refractivity contribution in [2.45, 2.75) is 32.2 Å². The molecule has 1 heterocycles. The third kappa shape index (κ3) is 4.65. The molecule has 3 rings (SSSR count). The Hall–Kier alpha value is -1.31. The van der Waals surface area contributed by atoms with Gasteiger partial charge in [0.05, 0.1) is 11.7 Å². The minimum atomic E-state index is -3.30. The lowest BCUT2D eigenvalue weighted by Gasteiger charge is -2.37. The zero-order valence-electron chi connectivity index (χ0n) is 14.4. The van der Waals surface area contributed by atoms with Crippen molar-refractivity contribution in [2.24, 2.45) is 11.3 Å². The molecular formula is C17H26ClN3O3S. The Morgan fingerprint density at radius 3 is 2.92 bits per heavy atom. The van der Waals surface area contributed by atoms with Gasteiger partial charge in [0.15, 0.2) is 0 Å². The highest BCUT2D eigenvalue weighted by molar-refractivity contribution is 7.92. The molecule has 2 aliphatic rings. The number of amides is 1. The van der Waals surface area contributed by atoms with Gasteiger partial charge in [-0.05, 0) is 43.0 Å². The van der Waals surface area contributed by atoms with Crippen LogP contribution < -0.4 is 15.4 Å². The summed E-state index contributed by atoms with van der Waals surface area (Å²) in [6.07, 6.45) is 5.51. The molecule has 2 atom stereocenters. The van der Waals surface area contributed by atoms with E-state index in [-0.39, 0.29) is 23.7 Å². The molecular weight excluding hydrogens is 362 g/mol. The van der Waals surface area contributed by atoms with Crippen LogP contribution in [0.3, 0.4) is 0 Å². The maximum absolute atomic E-state index is 12.8. The number of rotatable bonds is 5. The number of halogens is 1. The second kappa shape index (κ2) is 7.93. The van der Waals surface area contributed by atoms with Crippen LogP contribution in [0.5, 0.6) is 0 Å². The van der Waals surface area contributed by atoms with Crippen LogP contribution in [0, 0.1) is 11.3 Å². The van der Waals surface area contributed by atoms with Gasteiger partial charge in [-0.25, -0.2) is 8.42 Å². The van der Waals surface area contributed by atoms with E-state index in [4.69, 9.17) is 0 Å². The highest BCUT2D eigenvalue weighted by Crippen LogP contribution is 2.43. The molecule has 0 radical (unpaired) electrons. The van der Waals surface area contributed by atoms with Crippen LogP contribution in [0.4, 0.5) is 5.69 Å². The van der Waals surface area contributed by atoms with Crippen LogP contribution in [-0.2, 0) is 21.4 Å². The van der Waals surface area contributed by atoms with E-state index in [2.05, 4.69) is 15.4 Å². The second-order valence-corrected chi connectivity index (χ2v) is 8.74. The van der Waals surface area contributed by atoms with Gasteiger partial charge in [-0.15, -0.1) is 12.4 Å². The van der Waals surface area contributed by atoms with E-state index in [1.165, 1.54) is 6.42 Å². The number of hydrogen-bond acceptors (Lipinski definition) is 4. The lowest BCUT2D eigenvalue weighted by atomic mass is 9.67. The summed E-state index contributed by atoms with van der Waals surface area (Å²) < 4.78 is 25.1. The molecule has 0 unspecified atom stereocenters. The second-order valence-electron chi connectivity index (χ2n) is 6.99. The van der Waals surface area contributed by atoms with E-state index in [1.807, 2.05) is 6.07 Å². The number of carbonyl (C=O) groups is 1. The SMILES string of the molecule is CS(=O)(=O)Nc1cccc(CNC(=O)[C@@]23CCCC[C@H]2CNC3)c1.Cl. The molecule has 1 aromatic carbocycles. The molecule has 0 aromatic heterocycles. The van der Waals surface area contributed by atoms with Crippen molar-refractivity contribution in [2.75, 3.05) is 24.1 Å². The van der Waals surface area contributed by atoms with Gasteiger partial charge in [0.1, 0.15) is 0 Å². The van der Waals surface area contributed by atoms with Gasteiger partial charge in [-0.3, -0.25) is 9.52 Å². The van der Waals surface area contributed by atoms with Crippen LogP contribution in [0.1, 0.15) is 31.2 Å². The van der Waals surface area contributed by atoms with Gasteiger partial charge in [-0.2, -0.15) is 0 Å². The number of carbonyl (C=O) groups excluding carboxylic acids is 1. The molecule has 0 spiro atoms. The zero-order valence-corrected chi connectivity index (χ0v) is 16.0. The molecule has 0 bridgehead atoms. The fraction of sp³-hybridized carbons (Fsp3) is 0.588. The monoisotopic (exact) mass is 387 g/mol. The molecule has 140 valence electrons. The first kappa shape index (κ1) is 20.0. The molecule has 1 aromatic rings. The summed E-state index contributed by atoms with van der Waals surface area (Å²) in [5.41, 5.74) is 1.13. The fourth-order valence-electron chi connectivity index (χ4n) is 4.01. The maximum atomic E-state index is 12.8. The number of fused-ring (bicyclic) bond motifs is 1. The number of hydrogen-bond donors (Lipinski definition) is 3. The minimum Gasteiger partial charge on any atom is -0.351 e. The van der Waals surface area contributed by atoms with E-state index < -0.39 is 10.0 Å². The third-order valence-electron chi connectivity index (χ3n) is 5.17. The summed E-state index contributed by atoms with van der Waals surface area (Å²) in [7, 11) is -3.30. The molecule has 1 amide bonds.